The van der Waals surface area contributed by atoms with E-state index in [9.17, 15) is 0 Å². The summed E-state index contributed by atoms with van der Waals surface area (Å²) in [5.41, 5.74) is 0. The Labute approximate surface area is 101 Å². The predicted molar refractivity (Wildman–Crippen MR) is 69.7 cm³/mol. The molecule has 0 bridgehead atoms. The molecule has 1 saturated heterocycles. The number of nitrogens with zero attached hydrogens (tertiary/aromatic N) is 1. The molecule has 3 atom stereocenters. The summed E-state index contributed by atoms with van der Waals surface area (Å²) in [5, 5.41) is 3.90. The summed E-state index contributed by atoms with van der Waals surface area (Å²) in [6, 6.07) is 1.60. The summed E-state index contributed by atoms with van der Waals surface area (Å²) in [6.45, 7) is 8.44. The number of rotatable bonds is 4. The lowest BCUT2D eigenvalue weighted by Gasteiger charge is -2.34. The minimum absolute atomic E-state index is 0.773. The van der Waals surface area contributed by atoms with Crippen LogP contribution in [0.3, 0.4) is 0 Å². The second kappa shape index (κ2) is 6.02. The van der Waals surface area contributed by atoms with Gasteiger partial charge in [0.1, 0.15) is 0 Å². The van der Waals surface area contributed by atoms with Gasteiger partial charge in [-0.05, 0) is 51.1 Å². The third-order valence-corrected chi connectivity index (χ3v) is 4.54. The van der Waals surface area contributed by atoms with Gasteiger partial charge in [0.05, 0.1) is 0 Å². The summed E-state index contributed by atoms with van der Waals surface area (Å²) < 4.78 is 0. The summed E-state index contributed by atoms with van der Waals surface area (Å²) in [7, 11) is 0. The van der Waals surface area contributed by atoms with E-state index >= 15 is 0 Å². The molecule has 2 heteroatoms. The maximum atomic E-state index is 3.90. The average Bonchev–Trinajstić information content (AvgIpc) is 2.77. The van der Waals surface area contributed by atoms with E-state index in [4.69, 9.17) is 0 Å². The van der Waals surface area contributed by atoms with Gasteiger partial charge in [0.2, 0.25) is 0 Å². The molecule has 1 aliphatic carbocycles. The Morgan fingerprint density at radius 2 is 2.00 bits per heavy atom. The number of hydrogen-bond donors (Lipinski definition) is 1. The lowest BCUT2D eigenvalue weighted by molar-refractivity contribution is 0.190. The average molecular weight is 224 g/mol. The van der Waals surface area contributed by atoms with E-state index in [1.165, 1.54) is 58.2 Å². The van der Waals surface area contributed by atoms with Crippen LogP contribution in [0.15, 0.2) is 0 Å². The molecule has 0 spiro atoms. The molecule has 1 aliphatic heterocycles. The van der Waals surface area contributed by atoms with Crippen LogP contribution < -0.4 is 5.32 Å². The molecule has 0 amide bonds. The smallest absolute Gasteiger partial charge is 0.0198 e. The Balaban J connectivity index is 1.73. The van der Waals surface area contributed by atoms with Gasteiger partial charge >= 0.3 is 0 Å². The summed E-state index contributed by atoms with van der Waals surface area (Å²) in [5.74, 6) is 1.00. The highest BCUT2D eigenvalue weighted by Crippen LogP contribution is 2.28. The first-order valence-electron chi connectivity index (χ1n) is 7.30. The van der Waals surface area contributed by atoms with Crippen molar-refractivity contribution >= 4 is 0 Å². The molecule has 2 nitrogen and oxygen atoms in total. The normalized spacial score (nSPS) is 36.8. The molecule has 2 rings (SSSR count). The van der Waals surface area contributed by atoms with Gasteiger partial charge in [-0.2, -0.15) is 0 Å². The molecule has 94 valence electrons. The summed E-state index contributed by atoms with van der Waals surface area (Å²) in [6.07, 6.45) is 8.46. The van der Waals surface area contributed by atoms with Crippen molar-refractivity contribution < 1.29 is 0 Å². The zero-order valence-corrected chi connectivity index (χ0v) is 11.0. The Morgan fingerprint density at radius 1 is 1.12 bits per heavy atom. The molecular weight excluding hydrogens is 196 g/mol. The third-order valence-electron chi connectivity index (χ3n) is 4.54. The molecule has 0 aromatic heterocycles. The van der Waals surface area contributed by atoms with E-state index in [0.717, 1.165) is 18.0 Å². The fraction of sp³-hybridized carbons (Fsp3) is 1.00. The minimum atomic E-state index is 0.773. The highest BCUT2D eigenvalue weighted by atomic mass is 15.2. The zero-order valence-electron chi connectivity index (χ0n) is 11.0. The van der Waals surface area contributed by atoms with Crippen LogP contribution in [0.25, 0.3) is 0 Å². The number of nitrogens with one attached hydrogen (secondary N) is 1. The van der Waals surface area contributed by atoms with Crippen LogP contribution in [-0.4, -0.2) is 36.6 Å². The fourth-order valence-corrected chi connectivity index (χ4v) is 3.41. The second-order valence-electron chi connectivity index (χ2n) is 5.68. The standard InChI is InChI=1S/C14H28N2/c1-3-12-7-8-13(10-12)15-14-6-5-9-16(4-2)11-14/h12-15H,3-11H2,1-2H3. The first kappa shape index (κ1) is 12.4. The lowest BCUT2D eigenvalue weighted by Crippen LogP contribution is -2.48. The van der Waals surface area contributed by atoms with Gasteiger partial charge in [-0.3, -0.25) is 0 Å². The molecule has 2 aliphatic rings. The molecule has 0 radical (unpaired) electrons. The van der Waals surface area contributed by atoms with Crippen LogP contribution >= 0.6 is 0 Å². The SMILES string of the molecule is CCC1CCC(NC2CCCN(CC)C2)C1. The Morgan fingerprint density at radius 3 is 2.69 bits per heavy atom. The predicted octanol–water partition coefficient (Wildman–Crippen LogP) is 2.64. The number of likely N-dealkylation sites (N-methyl/N-ethyl adjacent to an activating group) is 1. The van der Waals surface area contributed by atoms with Crippen molar-refractivity contribution in [3.05, 3.63) is 0 Å². The monoisotopic (exact) mass is 224 g/mol. The van der Waals surface area contributed by atoms with Crippen LogP contribution in [0.2, 0.25) is 0 Å². The van der Waals surface area contributed by atoms with E-state index in [1.807, 2.05) is 0 Å². The van der Waals surface area contributed by atoms with Crippen molar-refractivity contribution in [2.24, 2.45) is 5.92 Å². The fourth-order valence-electron chi connectivity index (χ4n) is 3.41. The van der Waals surface area contributed by atoms with Crippen molar-refractivity contribution in [1.29, 1.82) is 0 Å². The topological polar surface area (TPSA) is 15.3 Å². The van der Waals surface area contributed by atoms with Crippen LogP contribution in [0, 0.1) is 5.92 Å². The van der Waals surface area contributed by atoms with E-state index in [2.05, 4.69) is 24.1 Å². The molecule has 1 saturated carbocycles. The Bertz CT molecular complexity index is 205. The van der Waals surface area contributed by atoms with Gasteiger partial charge in [0, 0.05) is 18.6 Å². The molecular formula is C14H28N2. The van der Waals surface area contributed by atoms with Crippen molar-refractivity contribution in [2.45, 2.75) is 64.5 Å². The van der Waals surface area contributed by atoms with Gasteiger partial charge in [-0.15, -0.1) is 0 Å². The quantitative estimate of drug-likeness (QED) is 0.790. The first-order valence-corrected chi connectivity index (χ1v) is 7.30. The van der Waals surface area contributed by atoms with Gasteiger partial charge in [-0.25, -0.2) is 0 Å². The Kier molecular flexibility index (Phi) is 4.66. The van der Waals surface area contributed by atoms with Crippen LogP contribution in [-0.2, 0) is 0 Å². The summed E-state index contributed by atoms with van der Waals surface area (Å²) in [4.78, 5) is 2.59. The van der Waals surface area contributed by atoms with Crippen molar-refractivity contribution in [3.8, 4) is 0 Å². The Hall–Kier alpha value is -0.0800. The number of hydrogen-bond acceptors (Lipinski definition) is 2. The third kappa shape index (κ3) is 3.21. The van der Waals surface area contributed by atoms with E-state index in [-0.39, 0.29) is 0 Å². The van der Waals surface area contributed by atoms with E-state index < -0.39 is 0 Å². The van der Waals surface area contributed by atoms with Gasteiger partial charge in [0.25, 0.3) is 0 Å². The first-order chi connectivity index (χ1) is 7.81. The van der Waals surface area contributed by atoms with Crippen LogP contribution in [0.4, 0.5) is 0 Å². The van der Waals surface area contributed by atoms with Gasteiger partial charge in [-0.1, -0.05) is 20.3 Å². The molecule has 1 heterocycles. The molecule has 0 aromatic carbocycles. The van der Waals surface area contributed by atoms with Crippen LogP contribution in [0.1, 0.15) is 52.4 Å². The number of piperidine rings is 1. The molecule has 2 fully saturated rings. The van der Waals surface area contributed by atoms with Gasteiger partial charge < -0.3 is 10.2 Å². The molecule has 0 aromatic rings. The number of likely N-dealkylation sites (tertiary alicyclic amines) is 1. The molecule has 1 N–H and O–H groups in total. The van der Waals surface area contributed by atoms with Crippen molar-refractivity contribution in [1.82, 2.24) is 10.2 Å². The zero-order chi connectivity index (χ0) is 11.4. The molecule has 16 heavy (non-hydrogen) atoms. The second-order valence-corrected chi connectivity index (χ2v) is 5.68. The minimum Gasteiger partial charge on any atom is -0.310 e. The van der Waals surface area contributed by atoms with Gasteiger partial charge in [0.15, 0.2) is 0 Å². The maximum absolute atomic E-state index is 3.90. The van der Waals surface area contributed by atoms with Crippen LogP contribution in [0.5, 0.6) is 0 Å². The van der Waals surface area contributed by atoms with Crippen molar-refractivity contribution in [2.75, 3.05) is 19.6 Å². The van der Waals surface area contributed by atoms with E-state index in [1.54, 1.807) is 0 Å². The van der Waals surface area contributed by atoms with Crippen molar-refractivity contribution in [3.63, 3.8) is 0 Å². The molecule has 3 unspecified atom stereocenters. The maximum Gasteiger partial charge on any atom is 0.0198 e. The highest BCUT2D eigenvalue weighted by molar-refractivity contribution is 4.86. The lowest BCUT2D eigenvalue weighted by atomic mass is 10.0. The largest absolute Gasteiger partial charge is 0.310 e. The van der Waals surface area contributed by atoms with E-state index in [0.29, 0.717) is 0 Å². The summed E-state index contributed by atoms with van der Waals surface area (Å²) >= 11 is 0. The highest BCUT2D eigenvalue weighted by Gasteiger charge is 2.27.